The molecule has 49 heavy (non-hydrogen) atoms. The number of urea groups is 1. The third-order valence-corrected chi connectivity index (χ3v) is 11.5. The number of likely N-dealkylation sites (tertiary alicyclic amines) is 2. The van der Waals surface area contributed by atoms with Crippen molar-refractivity contribution < 1.29 is 23.0 Å². The van der Waals surface area contributed by atoms with Crippen molar-refractivity contribution in [2.24, 2.45) is 0 Å². The van der Waals surface area contributed by atoms with E-state index in [1.54, 1.807) is 7.11 Å². The van der Waals surface area contributed by atoms with Crippen molar-refractivity contribution in [3.05, 3.63) is 40.4 Å². The first-order valence-corrected chi connectivity index (χ1v) is 17.6. The van der Waals surface area contributed by atoms with Crippen LogP contribution in [0.1, 0.15) is 44.1 Å². The Labute approximate surface area is 291 Å². The van der Waals surface area contributed by atoms with E-state index in [9.17, 15) is 14.4 Å². The number of thiophene rings is 1. The summed E-state index contributed by atoms with van der Waals surface area (Å²) in [5.41, 5.74) is 12.3. The molecule has 258 valence electrons. The van der Waals surface area contributed by atoms with Crippen molar-refractivity contribution in [2.45, 2.75) is 50.2 Å². The molecule has 4 fully saturated rings. The number of aromatic nitrogens is 2. The number of carbonyl (C=O) groups excluding carboxylic acids is 1. The SMILES string of the molecule is COC1CN(C(=O)N2CCCC2)C1.N#Cc1c(N)sc2c(F)ccc(-c3c(Cl)cc4c(N)nc(OCC56CCCN5CCC6)nc4c3F)c12. The number of nitriles is 1. The van der Waals surface area contributed by atoms with Crippen LogP contribution in [0.5, 0.6) is 6.01 Å². The van der Waals surface area contributed by atoms with E-state index in [0.717, 1.165) is 89.1 Å². The highest BCUT2D eigenvalue weighted by molar-refractivity contribution is 7.23. The van der Waals surface area contributed by atoms with Gasteiger partial charge in [-0.25, -0.2) is 13.6 Å². The van der Waals surface area contributed by atoms with Crippen molar-refractivity contribution in [1.29, 1.82) is 5.26 Å². The molecule has 4 aromatic rings. The number of nitrogen functional groups attached to an aromatic ring is 2. The van der Waals surface area contributed by atoms with Crippen molar-refractivity contribution in [2.75, 3.05) is 64.5 Å². The Balaban J connectivity index is 0.000000244. The van der Waals surface area contributed by atoms with Gasteiger partial charge in [0.2, 0.25) is 0 Å². The van der Waals surface area contributed by atoms with Crippen LogP contribution in [0.4, 0.5) is 24.4 Å². The highest BCUT2D eigenvalue weighted by atomic mass is 35.5. The molecular formula is C34H37ClF2N8O3S. The van der Waals surface area contributed by atoms with Crippen LogP contribution in [0.25, 0.3) is 32.1 Å². The first kappa shape index (κ1) is 33.5. The number of nitrogens with two attached hydrogens (primary N) is 2. The molecule has 0 radical (unpaired) electrons. The van der Waals surface area contributed by atoms with Gasteiger partial charge >= 0.3 is 12.0 Å². The Hall–Kier alpha value is -4.03. The van der Waals surface area contributed by atoms with Crippen LogP contribution >= 0.6 is 22.9 Å². The van der Waals surface area contributed by atoms with Crippen LogP contribution < -0.4 is 16.2 Å². The maximum absolute atomic E-state index is 16.1. The van der Waals surface area contributed by atoms with E-state index in [1.807, 2.05) is 15.9 Å². The summed E-state index contributed by atoms with van der Waals surface area (Å²) in [6.07, 6.45) is 6.90. The van der Waals surface area contributed by atoms with E-state index in [0.29, 0.717) is 6.61 Å². The third-order valence-electron chi connectivity index (χ3n) is 10.2. The zero-order valence-corrected chi connectivity index (χ0v) is 28.7. The minimum atomic E-state index is -0.764. The Morgan fingerprint density at radius 3 is 2.49 bits per heavy atom. The van der Waals surface area contributed by atoms with Crippen molar-refractivity contribution in [1.82, 2.24) is 24.7 Å². The summed E-state index contributed by atoms with van der Waals surface area (Å²) in [4.78, 5) is 26.5. The highest BCUT2D eigenvalue weighted by Gasteiger charge is 2.45. The van der Waals surface area contributed by atoms with Gasteiger partial charge < -0.3 is 30.7 Å². The summed E-state index contributed by atoms with van der Waals surface area (Å²) in [7, 11) is 1.70. The number of hydrogen-bond donors (Lipinski definition) is 2. The number of halogens is 3. The van der Waals surface area contributed by atoms with Gasteiger partial charge in [-0.3, -0.25) is 4.90 Å². The maximum atomic E-state index is 16.1. The average molecular weight is 711 g/mol. The average Bonchev–Trinajstić information content (AvgIpc) is 3.86. The van der Waals surface area contributed by atoms with Gasteiger partial charge in [0.15, 0.2) is 5.82 Å². The van der Waals surface area contributed by atoms with Gasteiger partial charge in [-0.2, -0.15) is 15.2 Å². The largest absolute Gasteiger partial charge is 0.461 e. The smallest absolute Gasteiger partial charge is 0.320 e. The molecule has 0 unspecified atom stereocenters. The molecule has 4 aliphatic rings. The second kappa shape index (κ2) is 13.4. The minimum Gasteiger partial charge on any atom is -0.461 e. The molecule has 4 N–H and O–H groups in total. The van der Waals surface area contributed by atoms with E-state index in [1.165, 1.54) is 18.2 Å². The number of rotatable bonds is 5. The van der Waals surface area contributed by atoms with Crippen molar-refractivity contribution in [3.63, 3.8) is 0 Å². The number of hydrogen-bond acceptors (Lipinski definition) is 10. The Kier molecular flexibility index (Phi) is 9.12. The number of fused-ring (bicyclic) bond motifs is 3. The second-order valence-electron chi connectivity index (χ2n) is 13.0. The molecule has 8 rings (SSSR count). The zero-order valence-electron chi connectivity index (χ0n) is 27.1. The van der Waals surface area contributed by atoms with Crippen LogP contribution in [0.2, 0.25) is 5.02 Å². The first-order valence-electron chi connectivity index (χ1n) is 16.4. The number of benzene rings is 2. The molecule has 4 saturated heterocycles. The molecule has 15 heteroatoms. The van der Waals surface area contributed by atoms with Crippen LogP contribution in [0, 0.1) is 23.0 Å². The number of carbonyl (C=O) groups is 1. The van der Waals surface area contributed by atoms with E-state index < -0.39 is 11.6 Å². The number of nitrogens with zero attached hydrogens (tertiary/aromatic N) is 6. The number of amides is 2. The summed E-state index contributed by atoms with van der Waals surface area (Å²) in [6, 6.07) is 6.24. The summed E-state index contributed by atoms with van der Waals surface area (Å²) in [5, 5.41) is 10.2. The number of anilines is 2. The predicted molar refractivity (Wildman–Crippen MR) is 186 cm³/mol. The van der Waals surface area contributed by atoms with Gasteiger partial charge in [0.05, 0.1) is 40.0 Å². The van der Waals surface area contributed by atoms with Crippen molar-refractivity contribution in [3.8, 4) is 23.2 Å². The van der Waals surface area contributed by atoms with Crippen LogP contribution in [0.3, 0.4) is 0 Å². The van der Waals surface area contributed by atoms with Gasteiger partial charge in [-0.1, -0.05) is 17.7 Å². The highest BCUT2D eigenvalue weighted by Crippen LogP contribution is 2.45. The standard InChI is InChI=1S/C25H21ClF2N6OS.C9H16N2O2/c26-15-9-13-20(32-24(33-22(13)30)35-11-25-5-1-7-34(25)8-2-6-25)19(28)18(15)12-3-4-16(27)21-17(12)14(10-29)23(31)36-21;1-13-8-6-11(7-8)9(12)10-4-2-3-5-10/h3-4,9H,1-2,5-8,11,31H2,(H2,30,32,33);8H,2-7H2,1H3. The Morgan fingerprint density at radius 2 is 1.82 bits per heavy atom. The van der Waals surface area contributed by atoms with Gasteiger partial charge in [0.25, 0.3) is 0 Å². The Morgan fingerprint density at radius 1 is 1.10 bits per heavy atom. The molecule has 4 aliphatic heterocycles. The lowest BCUT2D eigenvalue weighted by Gasteiger charge is -2.40. The fraction of sp³-hybridized carbons (Fsp3) is 0.471. The van der Waals surface area contributed by atoms with E-state index in [4.69, 9.17) is 32.5 Å². The lowest BCUT2D eigenvalue weighted by molar-refractivity contribution is -0.0142. The van der Waals surface area contributed by atoms with E-state index in [-0.39, 0.29) is 77.2 Å². The van der Waals surface area contributed by atoms with Crippen molar-refractivity contribution >= 4 is 60.8 Å². The lowest BCUT2D eigenvalue weighted by Crippen LogP contribution is -2.57. The molecule has 0 aliphatic carbocycles. The zero-order chi connectivity index (χ0) is 34.4. The number of ether oxygens (including phenoxy) is 2. The summed E-state index contributed by atoms with van der Waals surface area (Å²) in [5.74, 6) is -1.28. The molecule has 2 aromatic carbocycles. The van der Waals surface area contributed by atoms with Gasteiger partial charge in [-0.15, -0.1) is 11.3 Å². The maximum Gasteiger partial charge on any atom is 0.320 e. The quantitative estimate of drug-likeness (QED) is 0.254. The molecule has 0 bridgehead atoms. The third kappa shape index (κ3) is 5.96. The predicted octanol–water partition coefficient (Wildman–Crippen LogP) is 6.02. The van der Waals surface area contributed by atoms with E-state index in [2.05, 4.69) is 14.9 Å². The number of methoxy groups -OCH3 is 1. The van der Waals surface area contributed by atoms with Gasteiger partial charge in [-0.05, 0) is 69.3 Å². The second-order valence-corrected chi connectivity index (χ2v) is 14.5. The molecule has 2 amide bonds. The minimum absolute atomic E-state index is 0.0120. The Bertz CT molecular complexity index is 1970. The first-order chi connectivity index (χ1) is 23.6. The lowest BCUT2D eigenvalue weighted by atomic mass is 9.95. The monoisotopic (exact) mass is 710 g/mol. The summed E-state index contributed by atoms with van der Waals surface area (Å²) >= 11 is 7.44. The van der Waals surface area contributed by atoms with Crippen LogP contribution in [0.15, 0.2) is 18.2 Å². The van der Waals surface area contributed by atoms with Gasteiger partial charge in [0.1, 0.15) is 34.8 Å². The van der Waals surface area contributed by atoms with Crippen LogP contribution in [-0.2, 0) is 4.74 Å². The molecule has 0 atom stereocenters. The summed E-state index contributed by atoms with van der Waals surface area (Å²) in [6.45, 7) is 5.91. The molecule has 0 saturated carbocycles. The molecule has 0 spiro atoms. The summed E-state index contributed by atoms with van der Waals surface area (Å²) < 4.78 is 41.9. The van der Waals surface area contributed by atoms with E-state index >= 15 is 4.39 Å². The van der Waals surface area contributed by atoms with Crippen LogP contribution in [-0.4, -0.2) is 95.3 Å². The fourth-order valence-corrected chi connectivity index (χ4v) is 8.77. The fourth-order valence-electron chi connectivity index (χ4n) is 7.53. The normalized spacial score (nSPS) is 18.8. The topological polar surface area (TPSA) is 147 Å². The molecule has 2 aromatic heterocycles. The van der Waals surface area contributed by atoms with Gasteiger partial charge in [0, 0.05) is 36.5 Å². The molecule has 6 heterocycles. The molecule has 11 nitrogen and oxygen atoms in total. The molecular weight excluding hydrogens is 674 g/mol.